The lowest BCUT2D eigenvalue weighted by atomic mass is 10.7. The lowest BCUT2D eigenvalue weighted by Gasteiger charge is -1.99. The molecule has 0 heterocycles. The van der Waals surface area contributed by atoms with E-state index in [4.69, 9.17) is 0 Å². The van der Waals surface area contributed by atoms with Gasteiger partial charge in [0.05, 0.1) is 7.11 Å². The molecule has 0 amide bonds. The van der Waals surface area contributed by atoms with Crippen LogP contribution in [0.2, 0.25) is 0 Å². The summed E-state index contributed by atoms with van der Waals surface area (Å²) in [4.78, 5) is 10.4. The van der Waals surface area contributed by atoms with Crippen molar-refractivity contribution in [1.29, 1.82) is 0 Å². The summed E-state index contributed by atoms with van der Waals surface area (Å²) in [6, 6.07) is 0. The number of hydrogen-bond acceptors (Lipinski definition) is 3. The van der Waals surface area contributed by atoms with E-state index in [0.29, 0.717) is 0 Å². The fraction of sp³-hybridized carbons (Fsp3) is 0.833. The topological polar surface area (TPSA) is 35.5 Å². The van der Waals surface area contributed by atoms with Crippen molar-refractivity contribution in [2.24, 2.45) is 0 Å². The van der Waals surface area contributed by atoms with Crippen LogP contribution in [0.1, 0.15) is 6.42 Å². The zero-order chi connectivity index (χ0) is 8.48. The first kappa shape index (κ1) is 8.39. The minimum atomic E-state index is -2.73. The molecule has 0 spiro atoms. The van der Waals surface area contributed by atoms with Gasteiger partial charge in [-0.2, -0.15) is 0 Å². The van der Waals surface area contributed by atoms with E-state index >= 15 is 0 Å². The summed E-state index contributed by atoms with van der Waals surface area (Å²) in [5.41, 5.74) is 0. The third-order valence-corrected chi connectivity index (χ3v) is 1.40. The molecule has 11 heavy (non-hydrogen) atoms. The molecule has 0 radical (unpaired) electrons. The van der Waals surface area contributed by atoms with Crippen LogP contribution in [0.15, 0.2) is 0 Å². The summed E-state index contributed by atoms with van der Waals surface area (Å²) in [5, 5.41) is 0. The Morgan fingerprint density at radius 3 is 2.64 bits per heavy atom. The van der Waals surface area contributed by atoms with Crippen molar-refractivity contribution in [1.82, 2.24) is 0 Å². The molecule has 64 valence electrons. The van der Waals surface area contributed by atoms with E-state index < -0.39 is 24.6 Å². The van der Waals surface area contributed by atoms with Crippen molar-refractivity contribution in [2.45, 2.75) is 18.4 Å². The first-order valence-electron chi connectivity index (χ1n) is 3.12. The summed E-state index contributed by atoms with van der Waals surface area (Å²) in [6.07, 6.45) is -1.37. The van der Waals surface area contributed by atoms with Crippen LogP contribution >= 0.6 is 0 Å². The van der Waals surface area contributed by atoms with Crippen LogP contribution in [0, 0.1) is 0 Å². The second-order valence-corrected chi connectivity index (χ2v) is 2.34. The molecule has 0 N–H and O–H groups in total. The Bertz CT molecular complexity index is 169. The van der Waals surface area contributed by atoms with Crippen molar-refractivity contribution >= 4 is 5.97 Å². The Kier molecular flexibility index (Phi) is 2.08. The molecule has 1 atom stereocenters. The van der Waals surface area contributed by atoms with Crippen LogP contribution in [-0.4, -0.2) is 31.7 Å². The maximum atomic E-state index is 12.1. The second kappa shape index (κ2) is 2.73. The predicted molar refractivity (Wildman–Crippen MR) is 31.3 cm³/mol. The molecule has 0 aliphatic heterocycles. The predicted octanol–water partition coefficient (Wildman–Crippen LogP) is 0.584. The molecule has 5 heteroatoms. The van der Waals surface area contributed by atoms with Gasteiger partial charge in [-0.3, -0.25) is 0 Å². The molecular weight excluding hydrogens is 158 g/mol. The van der Waals surface area contributed by atoms with Crippen LogP contribution in [0.25, 0.3) is 0 Å². The lowest BCUT2D eigenvalue weighted by Crippen LogP contribution is -2.14. The van der Waals surface area contributed by atoms with Crippen LogP contribution in [0.4, 0.5) is 8.78 Å². The first-order valence-corrected chi connectivity index (χ1v) is 3.12. The van der Waals surface area contributed by atoms with E-state index in [0.717, 1.165) is 0 Å². The number of ether oxygens (including phenoxy) is 2. The normalized spacial score (nSPS) is 26.3. The van der Waals surface area contributed by atoms with Gasteiger partial charge in [0.25, 0.3) is 5.92 Å². The summed E-state index contributed by atoms with van der Waals surface area (Å²) < 4.78 is 32.8. The Hall–Kier alpha value is -0.710. The molecule has 0 aromatic rings. The van der Waals surface area contributed by atoms with Gasteiger partial charge in [-0.15, -0.1) is 0 Å². The second-order valence-electron chi connectivity index (χ2n) is 2.34. The fourth-order valence-electron chi connectivity index (χ4n) is 0.597. The molecule has 1 aliphatic carbocycles. The van der Waals surface area contributed by atoms with Gasteiger partial charge in [-0.1, -0.05) is 0 Å². The number of alkyl halides is 2. The van der Waals surface area contributed by atoms with E-state index in [-0.39, 0.29) is 6.42 Å². The zero-order valence-corrected chi connectivity index (χ0v) is 5.97. The molecular formula is C6H8F2O3. The third kappa shape index (κ3) is 2.11. The van der Waals surface area contributed by atoms with Crippen molar-refractivity contribution in [3.05, 3.63) is 0 Å². The van der Waals surface area contributed by atoms with E-state index in [1.54, 1.807) is 0 Å². The maximum absolute atomic E-state index is 12.1. The summed E-state index contributed by atoms with van der Waals surface area (Å²) in [6.45, 7) is -0.392. The van der Waals surface area contributed by atoms with Crippen molar-refractivity contribution in [3.8, 4) is 0 Å². The molecule has 1 aliphatic rings. The van der Waals surface area contributed by atoms with Crippen LogP contribution in [0.5, 0.6) is 0 Å². The summed E-state index contributed by atoms with van der Waals surface area (Å²) in [7, 11) is 1.18. The Morgan fingerprint density at radius 2 is 2.27 bits per heavy atom. The van der Waals surface area contributed by atoms with Crippen LogP contribution in [-0.2, 0) is 14.3 Å². The van der Waals surface area contributed by atoms with Crippen LogP contribution < -0.4 is 0 Å². The van der Waals surface area contributed by atoms with Crippen molar-refractivity contribution in [2.75, 3.05) is 13.7 Å². The molecule has 1 unspecified atom stereocenters. The van der Waals surface area contributed by atoms with Gasteiger partial charge in [-0.25, -0.2) is 13.6 Å². The number of esters is 1. The first-order chi connectivity index (χ1) is 5.06. The Morgan fingerprint density at radius 1 is 1.73 bits per heavy atom. The van der Waals surface area contributed by atoms with Gasteiger partial charge in [0.15, 0.2) is 0 Å². The van der Waals surface area contributed by atoms with Gasteiger partial charge in [0.2, 0.25) is 0 Å². The molecule has 1 rings (SSSR count). The quantitative estimate of drug-likeness (QED) is 0.575. The van der Waals surface area contributed by atoms with Gasteiger partial charge >= 0.3 is 5.97 Å². The highest BCUT2D eigenvalue weighted by atomic mass is 19.3. The number of hydrogen-bond donors (Lipinski definition) is 0. The van der Waals surface area contributed by atoms with Gasteiger partial charge in [-0.05, 0) is 0 Å². The standard InChI is InChI=1S/C6H8F2O3/c1-10-5(9)3-11-4-2-6(4,7)8/h4H,2-3H2,1H3. The number of halogens is 2. The number of carbonyl (C=O) groups is 1. The van der Waals surface area contributed by atoms with E-state index in [2.05, 4.69) is 9.47 Å². The fourth-order valence-corrected chi connectivity index (χ4v) is 0.597. The number of carbonyl (C=O) groups excluding carboxylic acids is 1. The molecule has 1 fully saturated rings. The number of rotatable bonds is 3. The highest BCUT2D eigenvalue weighted by Gasteiger charge is 2.58. The minimum Gasteiger partial charge on any atom is -0.467 e. The number of methoxy groups -OCH3 is 1. The largest absolute Gasteiger partial charge is 0.467 e. The summed E-state index contributed by atoms with van der Waals surface area (Å²) in [5.74, 6) is -3.36. The average Bonchev–Trinajstić information content (AvgIpc) is 2.54. The highest BCUT2D eigenvalue weighted by Crippen LogP contribution is 2.44. The molecule has 0 aromatic heterocycles. The molecule has 1 saturated carbocycles. The van der Waals surface area contributed by atoms with Gasteiger partial charge < -0.3 is 9.47 Å². The third-order valence-electron chi connectivity index (χ3n) is 1.40. The summed E-state index contributed by atoms with van der Waals surface area (Å²) >= 11 is 0. The molecule has 3 nitrogen and oxygen atoms in total. The highest BCUT2D eigenvalue weighted by molar-refractivity contribution is 5.70. The maximum Gasteiger partial charge on any atom is 0.331 e. The molecule has 0 saturated heterocycles. The van der Waals surface area contributed by atoms with Gasteiger partial charge in [0, 0.05) is 6.42 Å². The van der Waals surface area contributed by atoms with Crippen molar-refractivity contribution in [3.63, 3.8) is 0 Å². The zero-order valence-electron chi connectivity index (χ0n) is 5.97. The smallest absolute Gasteiger partial charge is 0.331 e. The average molecular weight is 166 g/mol. The monoisotopic (exact) mass is 166 g/mol. The minimum absolute atomic E-state index is 0.288. The van der Waals surface area contributed by atoms with Crippen molar-refractivity contribution < 1.29 is 23.0 Å². The van der Waals surface area contributed by atoms with Gasteiger partial charge in [0.1, 0.15) is 12.7 Å². The lowest BCUT2D eigenvalue weighted by molar-refractivity contribution is -0.147. The van der Waals surface area contributed by atoms with Crippen LogP contribution in [0.3, 0.4) is 0 Å². The van der Waals surface area contributed by atoms with E-state index in [1.807, 2.05) is 0 Å². The Balaban J connectivity index is 2.11. The molecule has 0 bridgehead atoms. The van der Waals surface area contributed by atoms with E-state index in [1.165, 1.54) is 7.11 Å². The van der Waals surface area contributed by atoms with E-state index in [9.17, 15) is 13.6 Å². The Labute approximate surface area is 62.3 Å². The SMILES string of the molecule is COC(=O)COC1CC1(F)F. The molecule has 0 aromatic carbocycles.